The molecule has 0 saturated carbocycles. The van der Waals surface area contributed by atoms with E-state index >= 15 is 0 Å². The van der Waals surface area contributed by atoms with Crippen LogP contribution in [-0.2, 0) is 5.41 Å². The third-order valence-electron chi connectivity index (χ3n) is 5.91. The van der Waals surface area contributed by atoms with Crippen LogP contribution in [0.4, 0.5) is 34.8 Å². The molecule has 2 aliphatic heterocycles. The molecule has 5 heterocycles. The second kappa shape index (κ2) is 7.77. The number of rotatable bonds is 5. The van der Waals surface area contributed by atoms with Gasteiger partial charge in [0, 0.05) is 31.2 Å². The number of nitrogens with one attached hydrogen (secondary N) is 1. The van der Waals surface area contributed by atoms with Crippen LogP contribution in [-0.4, -0.2) is 51.7 Å². The van der Waals surface area contributed by atoms with Crippen LogP contribution in [0.5, 0.6) is 5.88 Å². The maximum atomic E-state index is 6.32. The number of hydrogen-bond donors (Lipinski definition) is 2. The lowest BCUT2D eigenvalue weighted by Crippen LogP contribution is -2.26. The van der Waals surface area contributed by atoms with E-state index in [0.29, 0.717) is 29.2 Å². The number of methoxy groups -OCH3 is 1. The fraction of sp³-hybridized carbons (Fsp3) is 0.409. The molecule has 0 aliphatic carbocycles. The number of pyridine rings is 2. The van der Waals surface area contributed by atoms with Crippen molar-refractivity contribution in [2.75, 3.05) is 47.6 Å². The molecular formula is C22H27N9O. The molecule has 3 aromatic rings. The number of aromatic nitrogens is 5. The summed E-state index contributed by atoms with van der Waals surface area (Å²) in [6.07, 6.45) is 5.60. The molecule has 0 unspecified atom stereocenters. The average molecular weight is 434 g/mol. The van der Waals surface area contributed by atoms with E-state index in [9.17, 15) is 0 Å². The zero-order valence-corrected chi connectivity index (χ0v) is 18.5. The Kier molecular flexibility index (Phi) is 4.91. The lowest BCUT2D eigenvalue weighted by molar-refractivity contribution is 0.400. The molecule has 0 aromatic carbocycles. The Balaban J connectivity index is 1.44. The summed E-state index contributed by atoms with van der Waals surface area (Å²) in [7, 11) is 1.59. The second-order valence-electron chi connectivity index (χ2n) is 8.73. The van der Waals surface area contributed by atoms with Crippen molar-refractivity contribution in [2.45, 2.75) is 32.1 Å². The van der Waals surface area contributed by atoms with E-state index in [0.717, 1.165) is 49.7 Å². The molecule has 3 aromatic heterocycles. The SMILES string of the molecule is COc1nc(N2CCCC2)c(N)cc1Nc1ncnc(N2CC(C)(C)c3ncccc32)n1. The first kappa shape index (κ1) is 20.2. The summed E-state index contributed by atoms with van der Waals surface area (Å²) in [5.41, 5.74) is 9.45. The molecule has 10 heteroatoms. The molecule has 5 rings (SSSR count). The van der Waals surface area contributed by atoms with Crippen molar-refractivity contribution in [1.29, 1.82) is 0 Å². The lowest BCUT2D eigenvalue weighted by Gasteiger charge is -2.21. The summed E-state index contributed by atoms with van der Waals surface area (Å²) < 4.78 is 5.53. The summed E-state index contributed by atoms with van der Waals surface area (Å²) in [6, 6.07) is 5.79. The monoisotopic (exact) mass is 433 g/mol. The number of anilines is 6. The van der Waals surface area contributed by atoms with Crippen molar-refractivity contribution >= 4 is 34.8 Å². The minimum absolute atomic E-state index is 0.107. The van der Waals surface area contributed by atoms with Crippen LogP contribution < -0.4 is 25.6 Å². The van der Waals surface area contributed by atoms with E-state index in [-0.39, 0.29) is 5.41 Å². The van der Waals surface area contributed by atoms with Gasteiger partial charge in [0.15, 0.2) is 5.82 Å². The normalized spacial score (nSPS) is 16.8. The summed E-state index contributed by atoms with van der Waals surface area (Å²) >= 11 is 0. The molecule has 10 nitrogen and oxygen atoms in total. The van der Waals surface area contributed by atoms with Gasteiger partial charge in [0.05, 0.1) is 24.2 Å². The molecule has 0 spiro atoms. The average Bonchev–Trinajstić information content (AvgIpc) is 3.41. The van der Waals surface area contributed by atoms with Gasteiger partial charge in [-0.25, -0.2) is 9.97 Å². The highest BCUT2D eigenvalue weighted by Gasteiger charge is 2.38. The number of nitrogen functional groups attached to an aromatic ring is 1. The molecule has 0 amide bonds. The van der Waals surface area contributed by atoms with Crippen LogP contribution in [0.15, 0.2) is 30.7 Å². The number of hydrogen-bond acceptors (Lipinski definition) is 10. The number of ether oxygens (including phenoxy) is 1. The molecular weight excluding hydrogens is 406 g/mol. The predicted octanol–water partition coefficient (Wildman–Crippen LogP) is 3.03. The minimum Gasteiger partial charge on any atom is -0.479 e. The van der Waals surface area contributed by atoms with E-state index < -0.39 is 0 Å². The molecule has 1 saturated heterocycles. The molecule has 0 radical (unpaired) electrons. The topological polar surface area (TPSA) is 118 Å². The Labute approximate surface area is 186 Å². The molecule has 166 valence electrons. The highest BCUT2D eigenvalue weighted by Crippen LogP contribution is 2.42. The van der Waals surface area contributed by atoms with E-state index in [1.165, 1.54) is 6.33 Å². The summed E-state index contributed by atoms with van der Waals surface area (Å²) in [6.45, 7) is 6.96. The first-order valence-corrected chi connectivity index (χ1v) is 10.7. The first-order valence-electron chi connectivity index (χ1n) is 10.7. The van der Waals surface area contributed by atoms with E-state index in [4.69, 9.17) is 10.5 Å². The fourth-order valence-electron chi connectivity index (χ4n) is 4.40. The third-order valence-corrected chi connectivity index (χ3v) is 5.91. The highest BCUT2D eigenvalue weighted by molar-refractivity contribution is 5.74. The Hall–Kier alpha value is -3.69. The highest BCUT2D eigenvalue weighted by atomic mass is 16.5. The van der Waals surface area contributed by atoms with Crippen LogP contribution in [0.1, 0.15) is 32.4 Å². The van der Waals surface area contributed by atoms with Crippen LogP contribution in [0, 0.1) is 0 Å². The zero-order chi connectivity index (χ0) is 22.3. The van der Waals surface area contributed by atoms with Gasteiger partial charge >= 0.3 is 0 Å². The van der Waals surface area contributed by atoms with E-state index in [1.54, 1.807) is 7.11 Å². The first-order chi connectivity index (χ1) is 15.5. The standard InChI is InChI=1S/C22H27N9O/c1-22(2)12-31(16-7-6-8-24-17(16)22)21-26-13-25-20(29-21)27-15-11-14(23)18(28-19(15)32-3)30-9-4-5-10-30/h6-8,11,13H,4-5,9-10,12,23H2,1-3H3,(H,25,26,27,29). The quantitative estimate of drug-likeness (QED) is 0.621. The van der Waals surface area contributed by atoms with Crippen molar-refractivity contribution < 1.29 is 4.74 Å². The van der Waals surface area contributed by atoms with Crippen molar-refractivity contribution in [3.8, 4) is 5.88 Å². The van der Waals surface area contributed by atoms with Gasteiger partial charge in [0.25, 0.3) is 0 Å². The number of nitrogens with two attached hydrogens (primary N) is 1. The number of fused-ring (bicyclic) bond motifs is 1. The Bertz CT molecular complexity index is 1140. The molecule has 0 bridgehead atoms. The van der Waals surface area contributed by atoms with Crippen molar-refractivity contribution in [3.05, 3.63) is 36.4 Å². The van der Waals surface area contributed by atoms with Gasteiger partial charge in [-0.2, -0.15) is 9.97 Å². The van der Waals surface area contributed by atoms with Gasteiger partial charge in [0.1, 0.15) is 12.0 Å². The molecule has 3 N–H and O–H groups in total. The van der Waals surface area contributed by atoms with Crippen molar-refractivity contribution in [1.82, 2.24) is 24.9 Å². The summed E-state index contributed by atoms with van der Waals surface area (Å²) in [5.74, 6) is 2.14. The molecule has 2 aliphatic rings. The predicted molar refractivity (Wildman–Crippen MR) is 124 cm³/mol. The lowest BCUT2D eigenvalue weighted by atomic mass is 9.91. The van der Waals surface area contributed by atoms with Gasteiger partial charge in [-0.3, -0.25) is 4.98 Å². The van der Waals surface area contributed by atoms with Gasteiger partial charge in [-0.15, -0.1) is 0 Å². The summed E-state index contributed by atoms with van der Waals surface area (Å²) in [4.78, 5) is 26.8. The molecule has 32 heavy (non-hydrogen) atoms. The Morgan fingerprint density at radius 1 is 1.12 bits per heavy atom. The van der Waals surface area contributed by atoms with Crippen LogP contribution in [0.3, 0.4) is 0 Å². The Morgan fingerprint density at radius 2 is 1.94 bits per heavy atom. The van der Waals surface area contributed by atoms with Crippen molar-refractivity contribution in [2.24, 2.45) is 0 Å². The zero-order valence-electron chi connectivity index (χ0n) is 18.5. The number of nitrogens with zero attached hydrogens (tertiary/aromatic N) is 7. The van der Waals surface area contributed by atoms with Gasteiger partial charge in [0.2, 0.25) is 17.8 Å². The fourth-order valence-corrected chi connectivity index (χ4v) is 4.40. The Morgan fingerprint density at radius 3 is 2.72 bits per heavy atom. The summed E-state index contributed by atoms with van der Waals surface area (Å²) in [5, 5.41) is 3.20. The third kappa shape index (κ3) is 3.51. The maximum Gasteiger partial charge on any atom is 0.239 e. The minimum atomic E-state index is -0.107. The van der Waals surface area contributed by atoms with Gasteiger partial charge in [-0.1, -0.05) is 13.8 Å². The largest absolute Gasteiger partial charge is 0.479 e. The van der Waals surface area contributed by atoms with Gasteiger partial charge in [-0.05, 0) is 31.0 Å². The van der Waals surface area contributed by atoms with Gasteiger partial charge < -0.3 is 25.6 Å². The van der Waals surface area contributed by atoms with Crippen LogP contribution >= 0.6 is 0 Å². The molecule has 0 atom stereocenters. The van der Waals surface area contributed by atoms with Crippen LogP contribution in [0.25, 0.3) is 0 Å². The van der Waals surface area contributed by atoms with Crippen LogP contribution in [0.2, 0.25) is 0 Å². The van der Waals surface area contributed by atoms with E-state index in [2.05, 4.69) is 53.9 Å². The molecule has 1 fully saturated rings. The maximum absolute atomic E-state index is 6.32. The second-order valence-corrected chi connectivity index (χ2v) is 8.73. The smallest absolute Gasteiger partial charge is 0.239 e. The van der Waals surface area contributed by atoms with Crippen molar-refractivity contribution in [3.63, 3.8) is 0 Å². The van der Waals surface area contributed by atoms with E-state index in [1.807, 2.05) is 24.4 Å².